The number of hydrogen-bond donors (Lipinski definition) is 2. The molecule has 0 radical (unpaired) electrons. The van der Waals surface area contributed by atoms with Gasteiger partial charge in [-0.2, -0.15) is 0 Å². The quantitative estimate of drug-likeness (QED) is 0.409. The summed E-state index contributed by atoms with van der Waals surface area (Å²) < 4.78 is 5.24. The molecule has 2 aromatic carbocycles. The number of hydrogen-bond acceptors (Lipinski definition) is 6. The van der Waals surface area contributed by atoms with Crippen molar-refractivity contribution in [3.8, 4) is 0 Å². The van der Waals surface area contributed by atoms with Crippen molar-refractivity contribution in [3.63, 3.8) is 0 Å². The van der Waals surface area contributed by atoms with Crippen LogP contribution in [0.2, 0.25) is 0 Å². The molecule has 0 heterocycles. The normalized spacial score (nSPS) is 13.5. The van der Waals surface area contributed by atoms with Gasteiger partial charge < -0.3 is 9.84 Å². The second-order valence-corrected chi connectivity index (χ2v) is 7.47. The molecule has 0 bridgehead atoms. The van der Waals surface area contributed by atoms with E-state index >= 15 is 0 Å². The molecule has 2 rings (SSSR count). The minimum Gasteiger partial charge on any atom is -0.480 e. The van der Waals surface area contributed by atoms with Crippen LogP contribution in [-0.2, 0) is 19.1 Å². The Morgan fingerprint density at radius 3 is 2.09 bits per heavy atom. The number of amides is 1. The lowest BCUT2D eigenvalue weighted by Gasteiger charge is -2.35. The van der Waals surface area contributed by atoms with Crippen LogP contribution < -0.4 is 10.3 Å². The largest absolute Gasteiger partial charge is 0.480 e. The fraction of sp³-hybridized carbons (Fsp3) is 0.375. The van der Waals surface area contributed by atoms with Crippen LogP contribution in [0.4, 0.5) is 5.69 Å². The van der Waals surface area contributed by atoms with Gasteiger partial charge in [-0.1, -0.05) is 55.5 Å². The highest BCUT2D eigenvalue weighted by atomic mass is 16.5. The van der Waals surface area contributed by atoms with E-state index in [1.807, 2.05) is 43.3 Å². The third kappa shape index (κ3) is 6.55. The summed E-state index contributed by atoms with van der Waals surface area (Å²) in [6, 6.07) is 16.8. The first-order chi connectivity index (χ1) is 15.3. The van der Waals surface area contributed by atoms with Crippen LogP contribution in [0.25, 0.3) is 0 Å². The van der Waals surface area contributed by atoms with Crippen LogP contribution in [0.1, 0.15) is 32.3 Å². The van der Waals surface area contributed by atoms with Crippen LogP contribution in [-0.4, -0.2) is 60.2 Å². The summed E-state index contributed by atoms with van der Waals surface area (Å²) in [5.41, 5.74) is 1.58. The zero-order chi connectivity index (χ0) is 23.7. The maximum absolute atomic E-state index is 13.3. The number of para-hydroxylation sites is 1. The summed E-state index contributed by atoms with van der Waals surface area (Å²) in [6.07, 6.45) is 0. The van der Waals surface area contributed by atoms with Crippen LogP contribution in [0.5, 0.6) is 0 Å². The van der Waals surface area contributed by atoms with Gasteiger partial charge in [-0.25, -0.2) is 5.01 Å². The first kappa shape index (κ1) is 24.9. The Labute approximate surface area is 188 Å². The molecule has 3 atom stereocenters. The number of carboxylic acids is 1. The van der Waals surface area contributed by atoms with E-state index in [9.17, 15) is 19.5 Å². The summed E-state index contributed by atoms with van der Waals surface area (Å²) in [5, 5.41) is 15.1. The third-order valence-corrected chi connectivity index (χ3v) is 5.20. The van der Waals surface area contributed by atoms with Crippen LogP contribution in [0.3, 0.4) is 0 Å². The number of carboxylic acid groups (broad SMARTS) is 1. The molecule has 8 heteroatoms. The molecular formula is C24H31N3O5. The van der Waals surface area contributed by atoms with Crippen LogP contribution in [0.15, 0.2) is 60.7 Å². The fourth-order valence-corrected chi connectivity index (χ4v) is 3.40. The van der Waals surface area contributed by atoms with Gasteiger partial charge in [-0.3, -0.25) is 24.7 Å². The van der Waals surface area contributed by atoms with Crippen molar-refractivity contribution in [2.75, 3.05) is 25.2 Å². The monoisotopic (exact) mass is 441 g/mol. The summed E-state index contributed by atoms with van der Waals surface area (Å²) >= 11 is 0. The minimum absolute atomic E-state index is 0.211. The molecule has 32 heavy (non-hydrogen) atoms. The van der Waals surface area contributed by atoms with Crippen LogP contribution >= 0.6 is 0 Å². The van der Waals surface area contributed by atoms with Crippen molar-refractivity contribution in [3.05, 3.63) is 66.2 Å². The Balaban J connectivity index is 2.26. The molecule has 0 aliphatic heterocycles. The maximum Gasteiger partial charge on any atom is 0.325 e. The number of carbonyl (C=O) groups is 3. The maximum atomic E-state index is 13.3. The number of esters is 1. The zero-order valence-corrected chi connectivity index (χ0v) is 18.9. The number of aliphatic carboxylic acids is 1. The summed E-state index contributed by atoms with van der Waals surface area (Å²) in [6.45, 7) is 4.91. The SMILES string of the molecule is CCOC(=O)[C@@H](N[C@@H](C)C(=O)N(CC(=O)O)N(C)c1ccccc1)C(C)c1ccccc1. The summed E-state index contributed by atoms with van der Waals surface area (Å²) in [4.78, 5) is 37.4. The lowest BCUT2D eigenvalue weighted by Crippen LogP contribution is -2.57. The Morgan fingerprint density at radius 2 is 1.56 bits per heavy atom. The van der Waals surface area contributed by atoms with Gasteiger partial charge in [0.25, 0.3) is 5.91 Å². The second-order valence-electron chi connectivity index (χ2n) is 7.47. The first-order valence-electron chi connectivity index (χ1n) is 10.6. The minimum atomic E-state index is -1.15. The third-order valence-electron chi connectivity index (χ3n) is 5.20. The highest BCUT2D eigenvalue weighted by Gasteiger charge is 2.33. The van der Waals surface area contributed by atoms with E-state index in [4.69, 9.17) is 4.74 Å². The van der Waals surface area contributed by atoms with E-state index in [1.165, 1.54) is 5.01 Å². The Kier molecular flexibility index (Phi) is 9.22. The average Bonchev–Trinajstić information content (AvgIpc) is 2.80. The smallest absolute Gasteiger partial charge is 0.325 e. The number of rotatable bonds is 11. The predicted octanol–water partition coefficient (Wildman–Crippen LogP) is 2.66. The number of anilines is 1. The molecule has 0 saturated carbocycles. The molecular weight excluding hydrogens is 410 g/mol. The van der Waals surface area contributed by atoms with Gasteiger partial charge >= 0.3 is 11.9 Å². The number of hydrazine groups is 1. The lowest BCUT2D eigenvalue weighted by molar-refractivity contribution is -0.148. The van der Waals surface area contributed by atoms with Gasteiger partial charge in [-0.15, -0.1) is 0 Å². The zero-order valence-electron chi connectivity index (χ0n) is 18.9. The number of nitrogens with one attached hydrogen (secondary N) is 1. The molecule has 0 saturated heterocycles. The van der Waals surface area contributed by atoms with E-state index in [2.05, 4.69) is 5.32 Å². The van der Waals surface area contributed by atoms with Gasteiger partial charge in [0.1, 0.15) is 12.6 Å². The topological polar surface area (TPSA) is 99.2 Å². The van der Waals surface area contributed by atoms with Gasteiger partial charge in [0.15, 0.2) is 0 Å². The highest BCUT2D eigenvalue weighted by molar-refractivity contribution is 5.87. The number of benzene rings is 2. The molecule has 0 spiro atoms. The molecule has 0 aromatic heterocycles. The summed E-state index contributed by atoms with van der Waals surface area (Å²) in [7, 11) is 1.62. The number of ether oxygens (including phenoxy) is 1. The molecule has 2 N–H and O–H groups in total. The molecule has 2 aromatic rings. The van der Waals surface area contributed by atoms with Crippen molar-refractivity contribution in [1.29, 1.82) is 0 Å². The average molecular weight is 442 g/mol. The molecule has 0 aliphatic rings. The molecule has 0 aliphatic carbocycles. The van der Waals surface area contributed by atoms with E-state index in [0.717, 1.165) is 10.6 Å². The molecule has 1 unspecified atom stereocenters. The van der Waals surface area contributed by atoms with Crippen LogP contribution in [0, 0.1) is 0 Å². The van der Waals surface area contributed by atoms with Crippen molar-refractivity contribution in [2.45, 2.75) is 38.8 Å². The number of nitrogens with zero attached hydrogens (tertiary/aromatic N) is 2. The summed E-state index contributed by atoms with van der Waals surface area (Å²) in [5.74, 6) is -2.36. The Hall–Kier alpha value is -3.39. The highest BCUT2D eigenvalue weighted by Crippen LogP contribution is 2.21. The van der Waals surface area contributed by atoms with Gasteiger partial charge in [0.05, 0.1) is 18.3 Å². The molecule has 8 nitrogen and oxygen atoms in total. The van der Waals surface area contributed by atoms with Crippen molar-refractivity contribution < 1.29 is 24.2 Å². The predicted molar refractivity (Wildman–Crippen MR) is 122 cm³/mol. The molecule has 1 amide bonds. The van der Waals surface area contributed by atoms with E-state index < -0.39 is 36.5 Å². The fourth-order valence-electron chi connectivity index (χ4n) is 3.40. The van der Waals surface area contributed by atoms with Crippen molar-refractivity contribution >= 4 is 23.5 Å². The molecule has 0 fully saturated rings. The second kappa shape index (κ2) is 11.9. The Bertz CT molecular complexity index is 891. The van der Waals surface area contributed by atoms with Gasteiger partial charge in [0, 0.05) is 13.0 Å². The van der Waals surface area contributed by atoms with Crippen molar-refractivity contribution in [2.24, 2.45) is 0 Å². The van der Waals surface area contributed by atoms with Gasteiger partial charge in [-0.05, 0) is 31.5 Å². The first-order valence-corrected chi connectivity index (χ1v) is 10.6. The standard InChI is InChI=1S/C24H31N3O5/c1-5-32-24(31)22(17(2)19-12-8-6-9-13-19)25-18(3)23(30)27(16-21(28)29)26(4)20-14-10-7-11-15-20/h6-15,17-18,22,25H,5,16H2,1-4H3,(H,28,29)/t17?,18-,22-/m0/s1. The van der Waals surface area contributed by atoms with Gasteiger partial charge in [0.2, 0.25) is 0 Å². The van der Waals surface area contributed by atoms with E-state index in [0.29, 0.717) is 5.69 Å². The lowest BCUT2D eigenvalue weighted by atomic mass is 9.92. The van der Waals surface area contributed by atoms with Crippen molar-refractivity contribution in [1.82, 2.24) is 10.3 Å². The number of carbonyl (C=O) groups excluding carboxylic acids is 2. The van der Waals surface area contributed by atoms with E-state index in [1.54, 1.807) is 45.2 Å². The van der Waals surface area contributed by atoms with E-state index in [-0.39, 0.29) is 12.5 Å². The molecule has 172 valence electrons. The Morgan fingerprint density at radius 1 is 1.00 bits per heavy atom.